The van der Waals surface area contributed by atoms with Crippen molar-refractivity contribution in [1.82, 2.24) is 36.0 Å². The summed E-state index contributed by atoms with van der Waals surface area (Å²) in [7, 11) is 0. The highest BCUT2D eigenvalue weighted by Crippen LogP contribution is 2.19. The number of fused-ring (bicyclic) bond motifs is 3. The number of para-hydroxylation sites is 1. The number of aromatic amines is 1. The van der Waals surface area contributed by atoms with E-state index < -0.39 is 17.9 Å². The van der Waals surface area contributed by atoms with E-state index in [0.29, 0.717) is 37.5 Å². The summed E-state index contributed by atoms with van der Waals surface area (Å²) < 4.78 is 5.05. The first-order valence-electron chi connectivity index (χ1n) is 14.2. The van der Waals surface area contributed by atoms with Crippen molar-refractivity contribution >= 4 is 40.3 Å². The summed E-state index contributed by atoms with van der Waals surface area (Å²) in [5, 5.41) is 16.4. The van der Waals surface area contributed by atoms with E-state index in [2.05, 4.69) is 36.4 Å². The highest BCUT2D eigenvalue weighted by molar-refractivity contribution is 5.97. The number of hydrogen-bond acceptors (Lipinski definition) is 8. The van der Waals surface area contributed by atoms with E-state index in [1.54, 1.807) is 25.1 Å². The first kappa shape index (κ1) is 29.3. The van der Waals surface area contributed by atoms with E-state index in [-0.39, 0.29) is 49.3 Å². The molecule has 0 aliphatic carbocycles. The number of hydrogen-bond donors (Lipinski definition) is 5. The van der Waals surface area contributed by atoms with Crippen molar-refractivity contribution < 1.29 is 23.7 Å². The molecule has 0 unspecified atom stereocenters. The normalized spacial score (nSPS) is 17.6. The number of anilines is 1. The Morgan fingerprint density at radius 1 is 1.00 bits per heavy atom. The van der Waals surface area contributed by atoms with Gasteiger partial charge in [0.2, 0.25) is 11.8 Å². The SMILES string of the molecule is Cc1cc(C(=O)N2CCCCNC(=O)[C@H](Cc3c[nH]c4ccccc34)NC(=O)c3cccc(n3)NCCNC(=O)C2)no1. The zero-order valence-corrected chi connectivity index (χ0v) is 23.8. The van der Waals surface area contributed by atoms with Gasteiger partial charge < -0.3 is 35.7 Å². The fraction of sp³-hybridized carbons (Fsp3) is 0.333. The maximum Gasteiger partial charge on any atom is 0.276 e. The van der Waals surface area contributed by atoms with Crippen LogP contribution in [0.5, 0.6) is 0 Å². The van der Waals surface area contributed by atoms with Crippen molar-refractivity contribution in [3.05, 3.63) is 77.4 Å². The van der Waals surface area contributed by atoms with Crippen LogP contribution in [-0.4, -0.2) is 82.4 Å². The standard InChI is InChI=1S/C30H34N8O5/c1-19-15-25(37-43-19)30(42)38-14-5-4-11-33-28(40)24(16-20-17-34-22-8-3-2-7-21(20)22)36-29(41)23-9-6-10-26(35-23)31-12-13-32-27(39)18-38/h2-3,6-10,15,17,24,34H,4-5,11-14,16,18H2,1H3,(H,31,35)(H,32,39)(H,33,40)(H,36,41)/t24-/m0/s1. The number of pyridine rings is 1. The summed E-state index contributed by atoms with van der Waals surface area (Å²) in [5.74, 6) is -0.629. The topological polar surface area (TPSA) is 174 Å². The van der Waals surface area contributed by atoms with Gasteiger partial charge in [0.05, 0.1) is 6.54 Å². The number of rotatable bonds is 3. The molecule has 1 aliphatic heterocycles. The Labute approximate surface area is 247 Å². The van der Waals surface area contributed by atoms with Gasteiger partial charge in [-0.1, -0.05) is 29.4 Å². The molecular weight excluding hydrogens is 552 g/mol. The minimum atomic E-state index is -0.859. The third-order valence-electron chi connectivity index (χ3n) is 7.08. The average molecular weight is 587 g/mol. The summed E-state index contributed by atoms with van der Waals surface area (Å²) in [6.07, 6.45) is 3.18. The second-order valence-corrected chi connectivity index (χ2v) is 10.3. The van der Waals surface area contributed by atoms with Crippen molar-refractivity contribution in [2.45, 2.75) is 32.2 Å². The van der Waals surface area contributed by atoms with E-state index in [1.165, 1.54) is 11.0 Å². The summed E-state index contributed by atoms with van der Waals surface area (Å²) in [6, 6.07) is 13.4. The molecular formula is C30H34N8O5. The van der Waals surface area contributed by atoms with Crippen LogP contribution in [0.15, 0.2) is 59.3 Å². The van der Waals surface area contributed by atoms with Gasteiger partial charge in [-0.15, -0.1) is 0 Å². The van der Waals surface area contributed by atoms with E-state index in [9.17, 15) is 19.2 Å². The van der Waals surface area contributed by atoms with Crippen LogP contribution in [0.25, 0.3) is 10.9 Å². The molecule has 13 heteroatoms. The lowest BCUT2D eigenvalue weighted by Gasteiger charge is -2.21. The van der Waals surface area contributed by atoms with Crippen molar-refractivity contribution in [1.29, 1.82) is 0 Å². The van der Waals surface area contributed by atoms with E-state index in [1.807, 2.05) is 30.5 Å². The Hall–Kier alpha value is -5.20. The molecule has 5 N–H and O–H groups in total. The lowest BCUT2D eigenvalue weighted by atomic mass is 10.0. The first-order chi connectivity index (χ1) is 20.9. The number of aromatic nitrogens is 3. The predicted octanol–water partition coefficient (Wildman–Crippen LogP) is 1.78. The Morgan fingerprint density at radius 3 is 2.67 bits per heavy atom. The molecule has 3 aromatic heterocycles. The monoisotopic (exact) mass is 586 g/mol. The van der Waals surface area contributed by atoms with Crippen molar-refractivity contribution in [3.8, 4) is 0 Å². The molecule has 1 aromatic carbocycles. The molecule has 0 saturated heterocycles. The minimum Gasteiger partial charge on any atom is -0.368 e. The number of nitrogens with one attached hydrogen (secondary N) is 5. The largest absolute Gasteiger partial charge is 0.368 e. The van der Waals surface area contributed by atoms with Crippen LogP contribution in [0.1, 0.15) is 45.1 Å². The number of amides is 4. The summed E-state index contributed by atoms with van der Waals surface area (Å²) >= 11 is 0. The molecule has 4 heterocycles. The van der Waals surface area contributed by atoms with Crippen LogP contribution < -0.4 is 21.3 Å². The number of benzene rings is 1. The molecule has 0 fully saturated rings. The first-order valence-corrected chi connectivity index (χ1v) is 14.2. The lowest BCUT2D eigenvalue weighted by Crippen LogP contribution is -2.48. The second kappa shape index (κ2) is 13.6. The van der Waals surface area contributed by atoms with Gasteiger partial charge in [-0.2, -0.15) is 0 Å². The van der Waals surface area contributed by atoms with Crippen LogP contribution in [-0.2, 0) is 16.0 Å². The highest BCUT2D eigenvalue weighted by Gasteiger charge is 2.25. The fourth-order valence-electron chi connectivity index (χ4n) is 4.89. The number of H-pyrrole nitrogens is 1. The van der Waals surface area contributed by atoms with Gasteiger partial charge in [0.25, 0.3) is 11.8 Å². The minimum absolute atomic E-state index is 0.125. The summed E-state index contributed by atoms with van der Waals surface area (Å²) in [6.45, 7) is 2.73. The van der Waals surface area contributed by atoms with Crippen LogP contribution in [0.3, 0.4) is 0 Å². The molecule has 1 atom stereocenters. The third-order valence-corrected chi connectivity index (χ3v) is 7.08. The van der Waals surface area contributed by atoms with Crippen LogP contribution in [0.2, 0.25) is 0 Å². The second-order valence-electron chi connectivity index (χ2n) is 10.3. The summed E-state index contributed by atoms with van der Waals surface area (Å²) in [4.78, 5) is 61.4. The smallest absolute Gasteiger partial charge is 0.276 e. The van der Waals surface area contributed by atoms with Gasteiger partial charge >= 0.3 is 0 Å². The molecule has 0 saturated carbocycles. The third kappa shape index (κ3) is 7.56. The van der Waals surface area contributed by atoms with Crippen molar-refractivity contribution in [2.75, 3.05) is 38.0 Å². The lowest BCUT2D eigenvalue weighted by molar-refractivity contribution is -0.123. The molecule has 2 bridgehead atoms. The number of carbonyl (C=O) groups is 4. The molecule has 5 rings (SSSR count). The quantitative estimate of drug-likeness (QED) is 0.241. The molecule has 0 spiro atoms. The highest BCUT2D eigenvalue weighted by atomic mass is 16.5. The maximum atomic E-state index is 13.4. The van der Waals surface area contributed by atoms with E-state index >= 15 is 0 Å². The van der Waals surface area contributed by atoms with Crippen molar-refractivity contribution in [3.63, 3.8) is 0 Å². The van der Waals surface area contributed by atoms with Gasteiger partial charge in [-0.3, -0.25) is 19.2 Å². The zero-order valence-electron chi connectivity index (χ0n) is 23.8. The van der Waals surface area contributed by atoms with Crippen molar-refractivity contribution in [2.24, 2.45) is 0 Å². The maximum absolute atomic E-state index is 13.4. The molecule has 1 aliphatic rings. The average Bonchev–Trinajstić information content (AvgIpc) is 3.63. The Morgan fingerprint density at radius 2 is 1.84 bits per heavy atom. The van der Waals surface area contributed by atoms with Gasteiger partial charge in [0.1, 0.15) is 23.3 Å². The van der Waals surface area contributed by atoms with E-state index in [4.69, 9.17) is 4.52 Å². The summed E-state index contributed by atoms with van der Waals surface area (Å²) in [5.41, 5.74) is 2.11. The number of nitrogens with zero attached hydrogens (tertiary/aromatic N) is 3. The van der Waals surface area contributed by atoms with Gasteiger partial charge in [-0.05, 0) is 43.5 Å². The fourth-order valence-corrected chi connectivity index (χ4v) is 4.89. The van der Waals surface area contributed by atoms with Crippen LogP contribution >= 0.6 is 0 Å². The Bertz CT molecular complexity index is 1610. The van der Waals surface area contributed by atoms with Crippen LogP contribution in [0, 0.1) is 6.92 Å². The van der Waals surface area contributed by atoms with Gasteiger partial charge in [-0.25, -0.2) is 4.98 Å². The molecule has 4 aromatic rings. The predicted molar refractivity (Wildman–Crippen MR) is 158 cm³/mol. The molecule has 224 valence electrons. The Kier molecular flexibility index (Phi) is 9.29. The molecule has 0 radical (unpaired) electrons. The molecule has 13 nitrogen and oxygen atoms in total. The van der Waals surface area contributed by atoms with E-state index in [0.717, 1.165) is 16.5 Å². The number of aryl methyl sites for hydroxylation is 1. The molecule has 43 heavy (non-hydrogen) atoms. The Balaban J connectivity index is 1.33. The molecule has 4 amide bonds. The van der Waals surface area contributed by atoms with Crippen LogP contribution in [0.4, 0.5) is 5.82 Å². The van der Waals surface area contributed by atoms with Gasteiger partial charge in [0, 0.05) is 55.8 Å². The van der Waals surface area contributed by atoms with Gasteiger partial charge in [0.15, 0.2) is 5.69 Å². The number of carbonyl (C=O) groups excluding carboxylic acids is 4. The zero-order chi connectivity index (χ0) is 30.2.